The molecule has 1 amide bonds. The van der Waals surface area contributed by atoms with Crippen LogP contribution in [0.2, 0.25) is 0 Å². The number of amidine groups is 1. The van der Waals surface area contributed by atoms with Crippen molar-refractivity contribution in [3.8, 4) is 0 Å². The van der Waals surface area contributed by atoms with Crippen LogP contribution in [0, 0.1) is 0 Å². The van der Waals surface area contributed by atoms with E-state index in [-0.39, 0.29) is 29.0 Å². The Bertz CT molecular complexity index is 575. The van der Waals surface area contributed by atoms with Gasteiger partial charge < -0.3 is 21.2 Å². The number of piperidine rings is 1. The van der Waals surface area contributed by atoms with Crippen LogP contribution in [0.3, 0.4) is 0 Å². The molecule has 8 nitrogen and oxygen atoms in total. The maximum atomic E-state index is 12.0. The molecule has 0 unspecified atom stereocenters. The molecule has 0 aliphatic carbocycles. The van der Waals surface area contributed by atoms with Crippen molar-refractivity contribution in [1.82, 2.24) is 15.2 Å². The summed E-state index contributed by atoms with van der Waals surface area (Å²) in [5.74, 6) is -0.0954. The molecule has 1 aliphatic rings. The standard InChI is InChI=1S/C13H19N5O3/c14-11(17-21)8-18-6-4-9(5-7-18)15-13(20)10-2-1-3-12(19)16-10/h1-3,9,21H,4-8H2,(H2,14,17)(H,15,20)(H,16,19). The lowest BCUT2D eigenvalue weighted by Gasteiger charge is -2.31. The number of amides is 1. The second-order valence-electron chi connectivity index (χ2n) is 5.04. The van der Waals surface area contributed by atoms with Gasteiger partial charge in [-0.2, -0.15) is 0 Å². The number of rotatable bonds is 4. The largest absolute Gasteiger partial charge is 0.409 e. The van der Waals surface area contributed by atoms with E-state index in [2.05, 4.69) is 20.4 Å². The summed E-state index contributed by atoms with van der Waals surface area (Å²) in [5, 5.41) is 14.4. The van der Waals surface area contributed by atoms with E-state index < -0.39 is 0 Å². The maximum Gasteiger partial charge on any atom is 0.268 e. The van der Waals surface area contributed by atoms with Crippen LogP contribution >= 0.6 is 0 Å². The second-order valence-corrected chi connectivity index (χ2v) is 5.04. The Morgan fingerprint density at radius 3 is 2.81 bits per heavy atom. The minimum Gasteiger partial charge on any atom is -0.409 e. The van der Waals surface area contributed by atoms with E-state index in [9.17, 15) is 9.59 Å². The van der Waals surface area contributed by atoms with Crippen molar-refractivity contribution in [2.45, 2.75) is 18.9 Å². The number of oxime groups is 1. The average molecular weight is 293 g/mol. The Morgan fingerprint density at radius 2 is 2.19 bits per heavy atom. The number of nitrogens with two attached hydrogens (primary N) is 1. The first kappa shape index (κ1) is 15.0. The van der Waals surface area contributed by atoms with Gasteiger partial charge in [-0.25, -0.2) is 0 Å². The van der Waals surface area contributed by atoms with E-state index in [0.717, 1.165) is 25.9 Å². The molecule has 0 bridgehead atoms. The number of H-pyrrole nitrogens is 1. The lowest BCUT2D eigenvalue weighted by molar-refractivity contribution is 0.0909. The van der Waals surface area contributed by atoms with Crippen molar-refractivity contribution in [1.29, 1.82) is 0 Å². The Kier molecular flexibility index (Phi) is 4.94. The third-order valence-corrected chi connectivity index (χ3v) is 3.45. The zero-order chi connectivity index (χ0) is 15.2. The summed E-state index contributed by atoms with van der Waals surface area (Å²) in [6.07, 6.45) is 1.56. The van der Waals surface area contributed by atoms with Crippen molar-refractivity contribution < 1.29 is 10.0 Å². The van der Waals surface area contributed by atoms with Gasteiger partial charge >= 0.3 is 0 Å². The highest BCUT2D eigenvalue weighted by molar-refractivity contribution is 5.92. The SMILES string of the molecule is N/C(CN1CCC(NC(=O)c2cccc(=O)[nH]2)CC1)=N/O. The number of carbonyl (C=O) groups excluding carboxylic acids is 1. The van der Waals surface area contributed by atoms with Crippen molar-refractivity contribution in [2.75, 3.05) is 19.6 Å². The number of nitrogens with one attached hydrogen (secondary N) is 2. The zero-order valence-electron chi connectivity index (χ0n) is 11.6. The van der Waals surface area contributed by atoms with E-state index in [4.69, 9.17) is 10.9 Å². The van der Waals surface area contributed by atoms with Crippen LogP contribution in [-0.2, 0) is 0 Å². The number of carbonyl (C=O) groups is 1. The van der Waals surface area contributed by atoms with Gasteiger partial charge in [-0.15, -0.1) is 0 Å². The molecular formula is C13H19N5O3. The topological polar surface area (TPSA) is 124 Å². The summed E-state index contributed by atoms with van der Waals surface area (Å²) in [5.41, 5.74) is 5.43. The molecular weight excluding hydrogens is 274 g/mol. The summed E-state index contributed by atoms with van der Waals surface area (Å²) in [6, 6.07) is 4.55. The third-order valence-electron chi connectivity index (χ3n) is 3.45. The first-order valence-corrected chi connectivity index (χ1v) is 6.77. The summed E-state index contributed by atoms with van der Waals surface area (Å²) < 4.78 is 0. The number of hydrogen-bond acceptors (Lipinski definition) is 5. The molecule has 21 heavy (non-hydrogen) atoms. The predicted molar refractivity (Wildman–Crippen MR) is 77.4 cm³/mol. The smallest absolute Gasteiger partial charge is 0.268 e. The fourth-order valence-corrected chi connectivity index (χ4v) is 2.34. The van der Waals surface area contributed by atoms with Crippen LogP contribution in [0.1, 0.15) is 23.3 Å². The molecule has 1 aromatic heterocycles. The van der Waals surface area contributed by atoms with Gasteiger partial charge in [0, 0.05) is 25.2 Å². The molecule has 2 heterocycles. The van der Waals surface area contributed by atoms with E-state index in [0.29, 0.717) is 6.54 Å². The van der Waals surface area contributed by atoms with Crippen molar-refractivity contribution >= 4 is 11.7 Å². The van der Waals surface area contributed by atoms with Crippen LogP contribution in [0.25, 0.3) is 0 Å². The molecule has 0 aromatic carbocycles. The molecule has 8 heteroatoms. The lowest BCUT2D eigenvalue weighted by atomic mass is 10.0. The minimum atomic E-state index is -0.295. The first-order chi connectivity index (χ1) is 10.1. The molecule has 1 aromatic rings. The van der Waals surface area contributed by atoms with Gasteiger partial charge in [-0.05, 0) is 18.9 Å². The summed E-state index contributed by atoms with van der Waals surface area (Å²) in [4.78, 5) is 27.7. The Hall–Kier alpha value is -2.35. The normalized spacial score (nSPS) is 17.6. The highest BCUT2D eigenvalue weighted by atomic mass is 16.4. The maximum absolute atomic E-state index is 12.0. The molecule has 0 atom stereocenters. The van der Waals surface area contributed by atoms with Crippen molar-refractivity contribution in [3.05, 3.63) is 34.2 Å². The number of pyridine rings is 1. The highest BCUT2D eigenvalue weighted by Crippen LogP contribution is 2.10. The number of aromatic nitrogens is 1. The summed E-state index contributed by atoms with van der Waals surface area (Å²) in [7, 11) is 0. The van der Waals surface area contributed by atoms with Gasteiger partial charge in [0.15, 0.2) is 5.84 Å². The fraction of sp³-hybridized carbons (Fsp3) is 0.462. The number of nitrogens with zero attached hydrogens (tertiary/aromatic N) is 2. The van der Waals surface area contributed by atoms with E-state index in [1.165, 1.54) is 6.07 Å². The number of likely N-dealkylation sites (tertiary alicyclic amines) is 1. The van der Waals surface area contributed by atoms with Crippen LogP contribution < -0.4 is 16.6 Å². The number of aromatic amines is 1. The van der Waals surface area contributed by atoms with Gasteiger partial charge in [0.25, 0.3) is 5.91 Å². The molecule has 1 saturated heterocycles. The van der Waals surface area contributed by atoms with Gasteiger partial charge in [0.2, 0.25) is 5.56 Å². The highest BCUT2D eigenvalue weighted by Gasteiger charge is 2.21. The average Bonchev–Trinajstić information content (AvgIpc) is 2.49. The predicted octanol–water partition coefficient (Wildman–Crippen LogP) is -0.684. The number of hydrogen-bond donors (Lipinski definition) is 4. The van der Waals surface area contributed by atoms with Gasteiger partial charge in [0.05, 0.1) is 6.54 Å². The first-order valence-electron chi connectivity index (χ1n) is 6.77. The van der Waals surface area contributed by atoms with Crippen molar-refractivity contribution in [2.24, 2.45) is 10.9 Å². The molecule has 1 fully saturated rings. The molecule has 0 saturated carbocycles. The molecule has 0 radical (unpaired) electrons. The molecule has 114 valence electrons. The van der Waals surface area contributed by atoms with Gasteiger partial charge in [-0.3, -0.25) is 14.5 Å². The molecule has 1 aliphatic heterocycles. The third kappa shape index (κ3) is 4.32. The summed E-state index contributed by atoms with van der Waals surface area (Å²) >= 11 is 0. The zero-order valence-corrected chi connectivity index (χ0v) is 11.6. The van der Waals surface area contributed by atoms with Gasteiger partial charge in [-0.1, -0.05) is 11.2 Å². The van der Waals surface area contributed by atoms with Gasteiger partial charge in [0.1, 0.15) is 5.69 Å². The second kappa shape index (κ2) is 6.89. The van der Waals surface area contributed by atoms with E-state index >= 15 is 0 Å². The molecule has 0 spiro atoms. The lowest BCUT2D eigenvalue weighted by Crippen LogP contribution is -2.47. The monoisotopic (exact) mass is 293 g/mol. The summed E-state index contributed by atoms with van der Waals surface area (Å²) in [6.45, 7) is 1.93. The van der Waals surface area contributed by atoms with Crippen LogP contribution in [0.15, 0.2) is 28.1 Å². The van der Waals surface area contributed by atoms with Crippen LogP contribution in [0.4, 0.5) is 0 Å². The van der Waals surface area contributed by atoms with Crippen molar-refractivity contribution in [3.63, 3.8) is 0 Å². The van der Waals surface area contributed by atoms with Crippen LogP contribution in [0.5, 0.6) is 0 Å². The fourth-order valence-electron chi connectivity index (χ4n) is 2.34. The Balaban J connectivity index is 1.83. The Morgan fingerprint density at radius 1 is 1.48 bits per heavy atom. The van der Waals surface area contributed by atoms with Crippen LogP contribution in [-0.4, -0.2) is 52.5 Å². The van der Waals surface area contributed by atoms with E-state index in [1.807, 2.05) is 0 Å². The molecule has 2 rings (SSSR count). The molecule has 5 N–H and O–H groups in total. The quantitative estimate of drug-likeness (QED) is 0.253. The minimum absolute atomic E-state index is 0.0600. The van der Waals surface area contributed by atoms with E-state index in [1.54, 1.807) is 12.1 Å². The Labute approximate surface area is 121 Å².